The Balaban J connectivity index is 1.50. The number of nitrogens with zero attached hydrogens (tertiary/aromatic N) is 2. The second-order valence-electron chi connectivity index (χ2n) is 6.77. The van der Waals surface area contributed by atoms with E-state index in [1.54, 1.807) is 6.20 Å². The Bertz CT molecular complexity index is 707. The van der Waals surface area contributed by atoms with E-state index < -0.39 is 0 Å². The molecule has 0 spiro atoms. The number of hydrogen-bond acceptors (Lipinski definition) is 4. The van der Waals surface area contributed by atoms with E-state index in [0.29, 0.717) is 24.1 Å². The van der Waals surface area contributed by atoms with Gasteiger partial charge in [0.25, 0.3) is 5.91 Å². The van der Waals surface area contributed by atoms with Gasteiger partial charge in [-0.05, 0) is 62.4 Å². The van der Waals surface area contributed by atoms with Gasteiger partial charge in [0.1, 0.15) is 6.10 Å². The number of ether oxygens (including phenoxy) is 1. The summed E-state index contributed by atoms with van der Waals surface area (Å²) < 4.78 is 5.86. The van der Waals surface area contributed by atoms with Gasteiger partial charge >= 0.3 is 0 Å². The zero-order chi connectivity index (χ0) is 18.4. The molecule has 1 fully saturated rings. The molecule has 5 nitrogen and oxygen atoms in total. The van der Waals surface area contributed by atoms with Crippen molar-refractivity contribution in [1.82, 2.24) is 10.3 Å². The SMILES string of the molecule is CCN(C)c1ccc(C(=O)NCc2ccc(OC3CCCC3)nc2)cc1. The number of carbonyl (C=O) groups is 1. The van der Waals surface area contributed by atoms with Crippen molar-refractivity contribution in [3.8, 4) is 5.88 Å². The first-order valence-electron chi connectivity index (χ1n) is 9.36. The monoisotopic (exact) mass is 353 g/mol. The quantitative estimate of drug-likeness (QED) is 0.823. The van der Waals surface area contributed by atoms with E-state index in [1.165, 1.54) is 12.8 Å². The van der Waals surface area contributed by atoms with E-state index in [1.807, 2.05) is 43.4 Å². The maximum absolute atomic E-state index is 12.3. The third-order valence-corrected chi connectivity index (χ3v) is 4.88. The molecule has 1 amide bonds. The lowest BCUT2D eigenvalue weighted by Gasteiger charge is -2.16. The number of amides is 1. The summed E-state index contributed by atoms with van der Waals surface area (Å²) in [6, 6.07) is 11.5. The number of carbonyl (C=O) groups excluding carboxylic acids is 1. The van der Waals surface area contributed by atoms with Gasteiger partial charge in [-0.1, -0.05) is 6.07 Å². The number of nitrogens with one attached hydrogen (secondary N) is 1. The first-order valence-corrected chi connectivity index (χ1v) is 9.36. The summed E-state index contributed by atoms with van der Waals surface area (Å²) in [5.41, 5.74) is 2.72. The van der Waals surface area contributed by atoms with Crippen molar-refractivity contribution in [2.24, 2.45) is 0 Å². The van der Waals surface area contributed by atoms with Crippen molar-refractivity contribution in [2.75, 3.05) is 18.5 Å². The standard InChI is InChI=1S/C21H27N3O2/c1-3-24(2)18-11-9-17(10-12-18)21(25)23-15-16-8-13-20(22-14-16)26-19-6-4-5-7-19/h8-14,19H,3-7,15H2,1-2H3,(H,23,25). The molecule has 0 bridgehead atoms. The molecule has 0 atom stereocenters. The van der Waals surface area contributed by atoms with Gasteiger partial charge in [-0.2, -0.15) is 0 Å². The van der Waals surface area contributed by atoms with Crippen LogP contribution in [0.3, 0.4) is 0 Å². The minimum Gasteiger partial charge on any atom is -0.474 e. The Labute approximate surface area is 155 Å². The Morgan fingerprint density at radius 3 is 2.54 bits per heavy atom. The molecule has 0 radical (unpaired) electrons. The molecule has 1 aliphatic rings. The summed E-state index contributed by atoms with van der Waals surface area (Å²) in [6.45, 7) is 3.48. The van der Waals surface area contributed by atoms with Crippen molar-refractivity contribution >= 4 is 11.6 Å². The first kappa shape index (κ1) is 18.2. The summed E-state index contributed by atoms with van der Waals surface area (Å²) in [5, 5.41) is 2.94. The van der Waals surface area contributed by atoms with Gasteiger partial charge in [0.2, 0.25) is 5.88 Å². The molecular formula is C21H27N3O2. The fraction of sp³-hybridized carbons (Fsp3) is 0.429. The Morgan fingerprint density at radius 2 is 1.92 bits per heavy atom. The largest absolute Gasteiger partial charge is 0.474 e. The molecule has 0 unspecified atom stereocenters. The molecule has 2 aromatic rings. The number of rotatable bonds is 7. The maximum atomic E-state index is 12.3. The third kappa shape index (κ3) is 4.75. The van der Waals surface area contributed by atoms with E-state index in [2.05, 4.69) is 22.1 Å². The molecule has 5 heteroatoms. The van der Waals surface area contributed by atoms with E-state index in [0.717, 1.165) is 30.6 Å². The highest BCUT2D eigenvalue weighted by molar-refractivity contribution is 5.94. The van der Waals surface area contributed by atoms with E-state index in [-0.39, 0.29) is 5.91 Å². The smallest absolute Gasteiger partial charge is 0.251 e. The highest BCUT2D eigenvalue weighted by Gasteiger charge is 2.16. The van der Waals surface area contributed by atoms with Crippen molar-refractivity contribution in [3.05, 3.63) is 53.7 Å². The summed E-state index contributed by atoms with van der Waals surface area (Å²) in [5.74, 6) is 0.588. The molecule has 0 saturated heterocycles. The lowest BCUT2D eigenvalue weighted by Crippen LogP contribution is -2.23. The van der Waals surface area contributed by atoms with Crippen LogP contribution in [0.15, 0.2) is 42.6 Å². The second kappa shape index (κ2) is 8.70. The molecule has 26 heavy (non-hydrogen) atoms. The van der Waals surface area contributed by atoms with Gasteiger partial charge in [0.05, 0.1) is 0 Å². The van der Waals surface area contributed by atoms with Gasteiger partial charge in [-0.25, -0.2) is 4.98 Å². The molecule has 1 saturated carbocycles. The molecule has 1 heterocycles. The van der Waals surface area contributed by atoms with E-state index >= 15 is 0 Å². The van der Waals surface area contributed by atoms with Crippen LogP contribution in [0.4, 0.5) is 5.69 Å². The van der Waals surface area contributed by atoms with Crippen LogP contribution in [0.5, 0.6) is 5.88 Å². The average molecular weight is 353 g/mol. The van der Waals surface area contributed by atoms with Crippen LogP contribution in [0.2, 0.25) is 0 Å². The van der Waals surface area contributed by atoms with Gasteiger partial charge in [0, 0.05) is 43.7 Å². The van der Waals surface area contributed by atoms with Crippen molar-refractivity contribution in [2.45, 2.75) is 45.3 Å². The molecule has 1 N–H and O–H groups in total. The zero-order valence-corrected chi connectivity index (χ0v) is 15.6. The molecule has 1 aliphatic carbocycles. The normalized spacial score (nSPS) is 14.2. The van der Waals surface area contributed by atoms with Crippen molar-refractivity contribution < 1.29 is 9.53 Å². The minimum absolute atomic E-state index is 0.0815. The number of anilines is 1. The van der Waals surface area contributed by atoms with Crippen LogP contribution in [-0.4, -0.2) is 30.6 Å². The lowest BCUT2D eigenvalue weighted by atomic mass is 10.2. The van der Waals surface area contributed by atoms with Crippen LogP contribution in [-0.2, 0) is 6.54 Å². The summed E-state index contributed by atoms with van der Waals surface area (Å²) in [4.78, 5) is 18.8. The molecule has 1 aromatic heterocycles. The van der Waals surface area contributed by atoms with Crippen LogP contribution in [0.1, 0.15) is 48.5 Å². The van der Waals surface area contributed by atoms with Gasteiger partial charge < -0.3 is 15.0 Å². The first-order chi connectivity index (χ1) is 12.7. The minimum atomic E-state index is -0.0815. The number of hydrogen-bond donors (Lipinski definition) is 1. The molecule has 1 aromatic carbocycles. The Kier molecular flexibility index (Phi) is 6.10. The Hall–Kier alpha value is -2.56. The third-order valence-electron chi connectivity index (χ3n) is 4.88. The highest BCUT2D eigenvalue weighted by Crippen LogP contribution is 2.22. The maximum Gasteiger partial charge on any atom is 0.251 e. The highest BCUT2D eigenvalue weighted by atomic mass is 16.5. The number of benzene rings is 1. The van der Waals surface area contributed by atoms with Crippen molar-refractivity contribution in [1.29, 1.82) is 0 Å². The van der Waals surface area contributed by atoms with Crippen LogP contribution >= 0.6 is 0 Å². The lowest BCUT2D eigenvalue weighted by molar-refractivity contribution is 0.0951. The summed E-state index contributed by atoms with van der Waals surface area (Å²) >= 11 is 0. The van der Waals surface area contributed by atoms with Crippen molar-refractivity contribution in [3.63, 3.8) is 0 Å². The fourth-order valence-corrected chi connectivity index (χ4v) is 3.10. The fourth-order valence-electron chi connectivity index (χ4n) is 3.10. The zero-order valence-electron chi connectivity index (χ0n) is 15.6. The van der Waals surface area contributed by atoms with Crippen LogP contribution in [0.25, 0.3) is 0 Å². The summed E-state index contributed by atoms with van der Waals surface area (Å²) in [6.07, 6.45) is 6.79. The van der Waals surface area contributed by atoms with Gasteiger partial charge in [-0.15, -0.1) is 0 Å². The van der Waals surface area contributed by atoms with E-state index in [9.17, 15) is 4.79 Å². The van der Waals surface area contributed by atoms with Gasteiger partial charge in [-0.3, -0.25) is 4.79 Å². The molecule has 3 rings (SSSR count). The number of aromatic nitrogens is 1. The summed E-state index contributed by atoms with van der Waals surface area (Å²) in [7, 11) is 2.03. The Morgan fingerprint density at radius 1 is 1.19 bits per heavy atom. The van der Waals surface area contributed by atoms with Crippen LogP contribution in [0, 0.1) is 0 Å². The molecule has 138 valence electrons. The second-order valence-corrected chi connectivity index (χ2v) is 6.77. The predicted molar refractivity (Wildman–Crippen MR) is 104 cm³/mol. The molecular weight excluding hydrogens is 326 g/mol. The van der Waals surface area contributed by atoms with E-state index in [4.69, 9.17) is 4.74 Å². The topological polar surface area (TPSA) is 54.5 Å². The van der Waals surface area contributed by atoms with Crippen LogP contribution < -0.4 is 15.0 Å². The average Bonchev–Trinajstić information content (AvgIpc) is 3.19. The predicted octanol–water partition coefficient (Wildman–Crippen LogP) is 3.79. The van der Waals surface area contributed by atoms with Gasteiger partial charge in [0.15, 0.2) is 0 Å². The number of pyridine rings is 1. The molecule has 0 aliphatic heterocycles.